The van der Waals surface area contributed by atoms with Crippen LogP contribution >= 0.6 is 0 Å². The number of aromatic amines is 1. The van der Waals surface area contributed by atoms with Crippen molar-refractivity contribution in [3.05, 3.63) is 23.9 Å². The molecule has 2 aromatic rings. The van der Waals surface area contributed by atoms with Gasteiger partial charge in [0.2, 0.25) is 6.79 Å². The van der Waals surface area contributed by atoms with Gasteiger partial charge in [-0.3, -0.25) is 4.90 Å². The van der Waals surface area contributed by atoms with Crippen molar-refractivity contribution in [2.45, 2.75) is 6.42 Å². The molecule has 106 valence electrons. The molecule has 2 aliphatic rings. The second kappa shape index (κ2) is 5.00. The van der Waals surface area contributed by atoms with E-state index in [1.165, 1.54) is 10.9 Å². The lowest BCUT2D eigenvalue weighted by atomic mass is 10.1. The van der Waals surface area contributed by atoms with E-state index in [0.717, 1.165) is 56.3 Å². The molecule has 1 saturated heterocycles. The standard InChI is InChI=1S/C15H18N2O3/c1(2-17-3-5-18-6-4-17)11-9-16-13-8-15-14(7-12(11)13)19-10-20-15/h7-9,16H,1-6,10H2. The molecule has 0 atom stereocenters. The van der Waals surface area contributed by atoms with Gasteiger partial charge in [-0.25, -0.2) is 0 Å². The van der Waals surface area contributed by atoms with E-state index in [9.17, 15) is 0 Å². The largest absolute Gasteiger partial charge is 0.454 e. The summed E-state index contributed by atoms with van der Waals surface area (Å²) in [5.41, 5.74) is 2.45. The van der Waals surface area contributed by atoms with Gasteiger partial charge in [0.25, 0.3) is 0 Å². The van der Waals surface area contributed by atoms with E-state index in [0.29, 0.717) is 6.79 Å². The Balaban J connectivity index is 1.54. The summed E-state index contributed by atoms with van der Waals surface area (Å²) in [4.78, 5) is 5.78. The van der Waals surface area contributed by atoms with E-state index in [1.807, 2.05) is 6.07 Å². The van der Waals surface area contributed by atoms with E-state index in [-0.39, 0.29) is 0 Å². The van der Waals surface area contributed by atoms with Gasteiger partial charge in [-0.05, 0) is 18.1 Å². The van der Waals surface area contributed by atoms with Gasteiger partial charge in [-0.2, -0.15) is 0 Å². The minimum absolute atomic E-state index is 0.324. The fraction of sp³-hybridized carbons (Fsp3) is 0.467. The molecule has 3 heterocycles. The van der Waals surface area contributed by atoms with Crippen LogP contribution in [-0.2, 0) is 11.2 Å². The topological polar surface area (TPSA) is 46.7 Å². The number of hydrogen-bond donors (Lipinski definition) is 1. The molecule has 0 bridgehead atoms. The molecule has 0 radical (unpaired) electrons. The number of hydrogen-bond acceptors (Lipinski definition) is 4. The Labute approximate surface area is 117 Å². The molecule has 0 aliphatic carbocycles. The maximum absolute atomic E-state index is 5.46. The summed E-state index contributed by atoms with van der Waals surface area (Å²) in [5, 5.41) is 1.24. The molecular formula is C15H18N2O3. The van der Waals surface area contributed by atoms with Crippen LogP contribution in [0.1, 0.15) is 5.56 Å². The Morgan fingerprint density at radius 2 is 1.90 bits per heavy atom. The molecule has 5 heteroatoms. The maximum atomic E-state index is 5.46. The first-order valence-corrected chi connectivity index (χ1v) is 7.10. The highest BCUT2D eigenvalue weighted by molar-refractivity contribution is 5.86. The summed E-state index contributed by atoms with van der Waals surface area (Å²) < 4.78 is 16.2. The summed E-state index contributed by atoms with van der Waals surface area (Å²) in [5.74, 6) is 1.68. The molecule has 1 N–H and O–H groups in total. The fourth-order valence-electron chi connectivity index (χ4n) is 2.88. The Bertz CT molecular complexity index is 617. The van der Waals surface area contributed by atoms with Gasteiger partial charge in [0, 0.05) is 42.8 Å². The number of ether oxygens (including phenoxy) is 3. The second-order valence-electron chi connectivity index (χ2n) is 5.27. The quantitative estimate of drug-likeness (QED) is 0.926. The number of nitrogens with one attached hydrogen (secondary N) is 1. The summed E-state index contributed by atoms with van der Waals surface area (Å²) >= 11 is 0. The molecule has 1 fully saturated rings. The zero-order valence-corrected chi connectivity index (χ0v) is 11.4. The SMILES string of the molecule is c1[nH]c2cc3c(cc2c1CCN1CCOCC1)OCO3. The molecule has 4 rings (SSSR count). The maximum Gasteiger partial charge on any atom is 0.231 e. The Morgan fingerprint density at radius 3 is 2.75 bits per heavy atom. The van der Waals surface area contributed by atoms with Crippen LogP contribution in [0.5, 0.6) is 11.5 Å². The normalized spacial score (nSPS) is 18.8. The van der Waals surface area contributed by atoms with Crippen LogP contribution in [0, 0.1) is 0 Å². The monoisotopic (exact) mass is 274 g/mol. The third-order valence-corrected chi connectivity index (χ3v) is 4.06. The predicted octanol–water partition coefficient (Wildman–Crippen LogP) is 1.77. The van der Waals surface area contributed by atoms with Crippen LogP contribution in [0.25, 0.3) is 10.9 Å². The molecule has 0 saturated carbocycles. The van der Waals surface area contributed by atoms with Gasteiger partial charge in [0.05, 0.1) is 13.2 Å². The molecule has 0 spiro atoms. The van der Waals surface area contributed by atoms with Gasteiger partial charge in [-0.15, -0.1) is 0 Å². The van der Waals surface area contributed by atoms with Crippen molar-refractivity contribution in [2.24, 2.45) is 0 Å². The first-order valence-electron chi connectivity index (χ1n) is 7.10. The van der Waals surface area contributed by atoms with Crippen LogP contribution in [-0.4, -0.2) is 49.5 Å². The average Bonchev–Trinajstić information content (AvgIpc) is 3.10. The van der Waals surface area contributed by atoms with Crippen molar-refractivity contribution in [3.63, 3.8) is 0 Å². The first kappa shape index (κ1) is 12.1. The lowest BCUT2D eigenvalue weighted by molar-refractivity contribution is 0.0385. The Morgan fingerprint density at radius 1 is 1.10 bits per heavy atom. The third kappa shape index (κ3) is 2.13. The van der Waals surface area contributed by atoms with Gasteiger partial charge >= 0.3 is 0 Å². The first-order chi connectivity index (χ1) is 9.90. The highest BCUT2D eigenvalue weighted by Gasteiger charge is 2.17. The van der Waals surface area contributed by atoms with Crippen LogP contribution < -0.4 is 9.47 Å². The van der Waals surface area contributed by atoms with Crippen LogP contribution in [0.15, 0.2) is 18.3 Å². The number of morpholine rings is 1. The van der Waals surface area contributed by atoms with E-state index < -0.39 is 0 Å². The molecule has 5 nitrogen and oxygen atoms in total. The smallest absolute Gasteiger partial charge is 0.231 e. The van der Waals surface area contributed by atoms with Crippen molar-refractivity contribution in [3.8, 4) is 11.5 Å². The zero-order valence-electron chi connectivity index (χ0n) is 11.4. The minimum atomic E-state index is 0.324. The molecule has 0 amide bonds. The van der Waals surface area contributed by atoms with Crippen molar-refractivity contribution >= 4 is 10.9 Å². The van der Waals surface area contributed by atoms with E-state index in [1.54, 1.807) is 0 Å². The van der Waals surface area contributed by atoms with Crippen molar-refractivity contribution < 1.29 is 14.2 Å². The van der Waals surface area contributed by atoms with Crippen molar-refractivity contribution in [2.75, 3.05) is 39.6 Å². The number of nitrogens with zero attached hydrogens (tertiary/aromatic N) is 1. The lowest BCUT2D eigenvalue weighted by Crippen LogP contribution is -2.37. The number of H-pyrrole nitrogens is 1. The summed E-state index contributed by atoms with van der Waals surface area (Å²) in [6.07, 6.45) is 3.14. The minimum Gasteiger partial charge on any atom is -0.454 e. The zero-order chi connectivity index (χ0) is 13.4. The van der Waals surface area contributed by atoms with Crippen LogP contribution in [0.4, 0.5) is 0 Å². The molecular weight excluding hydrogens is 256 g/mol. The van der Waals surface area contributed by atoms with E-state index >= 15 is 0 Å². The van der Waals surface area contributed by atoms with Crippen molar-refractivity contribution in [1.82, 2.24) is 9.88 Å². The third-order valence-electron chi connectivity index (χ3n) is 4.06. The van der Waals surface area contributed by atoms with Gasteiger partial charge in [0.15, 0.2) is 11.5 Å². The predicted molar refractivity (Wildman–Crippen MR) is 75.4 cm³/mol. The Kier molecular flexibility index (Phi) is 3.01. The average molecular weight is 274 g/mol. The number of fused-ring (bicyclic) bond motifs is 2. The molecule has 1 aromatic carbocycles. The van der Waals surface area contributed by atoms with Gasteiger partial charge in [0.1, 0.15) is 0 Å². The summed E-state index contributed by atoms with van der Waals surface area (Å²) in [7, 11) is 0. The summed E-state index contributed by atoms with van der Waals surface area (Å²) in [6.45, 7) is 5.18. The van der Waals surface area contributed by atoms with Gasteiger partial charge < -0.3 is 19.2 Å². The number of benzene rings is 1. The van der Waals surface area contributed by atoms with Crippen LogP contribution in [0.3, 0.4) is 0 Å². The Hall–Kier alpha value is -1.72. The molecule has 20 heavy (non-hydrogen) atoms. The summed E-state index contributed by atoms with van der Waals surface area (Å²) in [6, 6.07) is 4.11. The van der Waals surface area contributed by atoms with Gasteiger partial charge in [-0.1, -0.05) is 0 Å². The number of rotatable bonds is 3. The van der Waals surface area contributed by atoms with E-state index in [4.69, 9.17) is 14.2 Å². The lowest BCUT2D eigenvalue weighted by Gasteiger charge is -2.26. The highest BCUT2D eigenvalue weighted by atomic mass is 16.7. The fourth-order valence-corrected chi connectivity index (χ4v) is 2.88. The molecule has 0 unspecified atom stereocenters. The molecule has 2 aliphatic heterocycles. The van der Waals surface area contributed by atoms with Crippen LogP contribution in [0.2, 0.25) is 0 Å². The second-order valence-corrected chi connectivity index (χ2v) is 5.27. The molecule has 1 aromatic heterocycles. The van der Waals surface area contributed by atoms with E-state index in [2.05, 4.69) is 22.1 Å². The van der Waals surface area contributed by atoms with Crippen molar-refractivity contribution in [1.29, 1.82) is 0 Å². The number of aromatic nitrogens is 1. The highest BCUT2D eigenvalue weighted by Crippen LogP contribution is 2.36.